The maximum atomic E-state index is 12.3. The van der Waals surface area contributed by atoms with Crippen LogP contribution in [0.5, 0.6) is 0 Å². The van der Waals surface area contributed by atoms with Crippen LogP contribution in [0.1, 0.15) is 36.6 Å². The van der Waals surface area contributed by atoms with Crippen molar-refractivity contribution in [2.24, 2.45) is 0 Å². The van der Waals surface area contributed by atoms with E-state index in [1.807, 2.05) is 23.4 Å². The highest BCUT2D eigenvalue weighted by atomic mass is 32.2. The van der Waals surface area contributed by atoms with Gasteiger partial charge in [0.25, 0.3) is 0 Å². The molecule has 1 fully saturated rings. The van der Waals surface area contributed by atoms with E-state index in [1.165, 1.54) is 5.56 Å². The highest BCUT2D eigenvalue weighted by Crippen LogP contribution is 2.26. The fourth-order valence-corrected chi connectivity index (χ4v) is 3.74. The van der Waals surface area contributed by atoms with Crippen molar-refractivity contribution in [2.45, 2.75) is 31.7 Å². The highest BCUT2D eigenvalue weighted by Gasteiger charge is 2.27. The van der Waals surface area contributed by atoms with E-state index in [-0.39, 0.29) is 5.91 Å². The average molecular weight is 343 g/mol. The molecule has 1 aromatic heterocycles. The van der Waals surface area contributed by atoms with Gasteiger partial charge in [-0.2, -0.15) is 11.8 Å². The molecule has 24 heavy (non-hydrogen) atoms. The van der Waals surface area contributed by atoms with E-state index in [4.69, 9.17) is 0 Å². The lowest BCUT2D eigenvalue weighted by Crippen LogP contribution is -2.39. The molecule has 0 unspecified atom stereocenters. The van der Waals surface area contributed by atoms with Gasteiger partial charge in [-0.25, -0.2) is 4.98 Å². The third-order valence-electron chi connectivity index (χ3n) is 4.60. The molecule has 1 aliphatic heterocycles. The Labute approximate surface area is 148 Å². The van der Waals surface area contributed by atoms with Crippen LogP contribution in [0, 0.1) is 0 Å². The second kappa shape index (κ2) is 8.38. The minimum Gasteiger partial charge on any atom is -0.342 e. The Bertz CT molecular complexity index is 656. The Morgan fingerprint density at radius 3 is 2.96 bits per heavy atom. The Balaban J connectivity index is 1.68. The number of piperidine rings is 1. The number of rotatable bonds is 6. The molecule has 1 aliphatic rings. The molecule has 0 saturated carbocycles. The summed E-state index contributed by atoms with van der Waals surface area (Å²) in [6.07, 6.45) is 8.80. The first-order valence-corrected chi connectivity index (χ1v) is 9.99. The molecule has 5 heteroatoms. The van der Waals surface area contributed by atoms with Crippen LogP contribution in [0.15, 0.2) is 42.7 Å². The van der Waals surface area contributed by atoms with E-state index >= 15 is 0 Å². The van der Waals surface area contributed by atoms with Crippen molar-refractivity contribution < 1.29 is 4.79 Å². The standard InChI is InChI=1S/C19H25N3OS/c1-24-13-9-18(23)21-11-5-8-17(15-21)19-20-10-12-22(19)14-16-6-3-2-4-7-16/h2-4,6-7,10,12,17H,5,8-9,11,13-15H2,1H3/t17-/m1/s1. The lowest BCUT2D eigenvalue weighted by molar-refractivity contribution is -0.132. The van der Waals surface area contributed by atoms with Crippen LogP contribution in [0.3, 0.4) is 0 Å². The van der Waals surface area contributed by atoms with E-state index in [9.17, 15) is 4.79 Å². The van der Waals surface area contributed by atoms with Crippen LogP contribution < -0.4 is 0 Å². The Morgan fingerprint density at radius 2 is 2.17 bits per heavy atom. The van der Waals surface area contributed by atoms with Gasteiger partial charge in [0, 0.05) is 50.1 Å². The molecule has 1 aromatic carbocycles. The smallest absolute Gasteiger partial charge is 0.223 e. The Kier molecular flexibility index (Phi) is 5.96. The third-order valence-corrected chi connectivity index (χ3v) is 5.22. The summed E-state index contributed by atoms with van der Waals surface area (Å²) in [4.78, 5) is 19.0. The topological polar surface area (TPSA) is 38.1 Å². The van der Waals surface area contributed by atoms with Crippen LogP contribution in [0.4, 0.5) is 0 Å². The quantitative estimate of drug-likeness (QED) is 0.807. The molecule has 0 radical (unpaired) electrons. The molecule has 3 rings (SSSR count). The summed E-state index contributed by atoms with van der Waals surface area (Å²) >= 11 is 1.73. The number of nitrogens with zero attached hydrogens (tertiary/aromatic N) is 3. The van der Waals surface area contributed by atoms with Crippen LogP contribution in [-0.2, 0) is 11.3 Å². The maximum absolute atomic E-state index is 12.3. The molecule has 1 amide bonds. The van der Waals surface area contributed by atoms with Gasteiger partial charge in [0.1, 0.15) is 5.82 Å². The minimum absolute atomic E-state index is 0.287. The van der Waals surface area contributed by atoms with Gasteiger partial charge in [-0.05, 0) is 24.7 Å². The van der Waals surface area contributed by atoms with Gasteiger partial charge in [0.2, 0.25) is 5.91 Å². The average Bonchev–Trinajstić information content (AvgIpc) is 3.09. The van der Waals surface area contributed by atoms with Gasteiger partial charge >= 0.3 is 0 Å². The summed E-state index contributed by atoms with van der Waals surface area (Å²) in [5.41, 5.74) is 1.28. The fraction of sp³-hybridized carbons (Fsp3) is 0.474. The van der Waals surface area contributed by atoms with Crippen LogP contribution in [0.2, 0.25) is 0 Å². The van der Waals surface area contributed by atoms with E-state index in [0.717, 1.165) is 44.1 Å². The number of likely N-dealkylation sites (tertiary alicyclic amines) is 1. The number of benzene rings is 1. The molecule has 1 atom stereocenters. The van der Waals surface area contributed by atoms with E-state index in [0.29, 0.717) is 12.3 Å². The number of amides is 1. The van der Waals surface area contributed by atoms with Crippen LogP contribution >= 0.6 is 11.8 Å². The summed E-state index contributed by atoms with van der Waals surface area (Å²) in [5, 5.41) is 0. The van der Waals surface area contributed by atoms with Crippen molar-refractivity contribution >= 4 is 17.7 Å². The monoisotopic (exact) mass is 343 g/mol. The van der Waals surface area contributed by atoms with Crippen LogP contribution in [0.25, 0.3) is 0 Å². The van der Waals surface area contributed by atoms with Gasteiger partial charge < -0.3 is 9.47 Å². The van der Waals surface area contributed by atoms with Crippen molar-refractivity contribution in [2.75, 3.05) is 25.1 Å². The van der Waals surface area contributed by atoms with Crippen molar-refractivity contribution in [3.63, 3.8) is 0 Å². The Hall–Kier alpha value is -1.75. The molecular formula is C19H25N3OS. The van der Waals surface area contributed by atoms with E-state index < -0.39 is 0 Å². The number of hydrogen-bond donors (Lipinski definition) is 0. The lowest BCUT2D eigenvalue weighted by Gasteiger charge is -2.32. The van der Waals surface area contributed by atoms with E-state index in [2.05, 4.69) is 40.0 Å². The van der Waals surface area contributed by atoms with Gasteiger partial charge in [0.05, 0.1) is 0 Å². The summed E-state index contributed by atoms with van der Waals surface area (Å²) in [6, 6.07) is 10.5. The van der Waals surface area contributed by atoms with Crippen LogP contribution in [-0.4, -0.2) is 45.5 Å². The number of carbonyl (C=O) groups excluding carboxylic acids is 1. The highest BCUT2D eigenvalue weighted by molar-refractivity contribution is 7.98. The predicted molar refractivity (Wildman–Crippen MR) is 99.3 cm³/mol. The molecule has 0 N–H and O–H groups in total. The third kappa shape index (κ3) is 4.20. The number of aromatic nitrogens is 2. The number of thioether (sulfide) groups is 1. The summed E-state index contributed by atoms with van der Waals surface area (Å²) < 4.78 is 2.23. The van der Waals surface area contributed by atoms with Crippen molar-refractivity contribution in [1.82, 2.24) is 14.5 Å². The first-order valence-electron chi connectivity index (χ1n) is 8.59. The van der Waals surface area contributed by atoms with Gasteiger partial charge in [-0.3, -0.25) is 4.79 Å². The minimum atomic E-state index is 0.287. The fourth-order valence-electron chi connectivity index (χ4n) is 3.36. The summed E-state index contributed by atoms with van der Waals surface area (Å²) in [5.74, 6) is 2.65. The normalized spacial score (nSPS) is 17.9. The van der Waals surface area contributed by atoms with E-state index in [1.54, 1.807) is 11.8 Å². The first kappa shape index (κ1) is 17.1. The predicted octanol–water partition coefficient (Wildman–Crippen LogP) is 3.39. The maximum Gasteiger partial charge on any atom is 0.223 e. The number of carbonyl (C=O) groups is 1. The second-order valence-electron chi connectivity index (χ2n) is 6.32. The molecule has 1 saturated heterocycles. The van der Waals surface area contributed by atoms with Gasteiger partial charge in [0.15, 0.2) is 0 Å². The molecule has 4 nitrogen and oxygen atoms in total. The van der Waals surface area contributed by atoms with Crippen molar-refractivity contribution in [1.29, 1.82) is 0 Å². The molecule has 0 bridgehead atoms. The first-order chi connectivity index (χ1) is 11.8. The molecule has 2 heterocycles. The number of hydrogen-bond acceptors (Lipinski definition) is 3. The molecule has 0 aliphatic carbocycles. The van der Waals surface area contributed by atoms with Crippen molar-refractivity contribution in [3.8, 4) is 0 Å². The molecule has 2 aromatic rings. The zero-order valence-corrected chi connectivity index (χ0v) is 15.0. The molecular weight excluding hydrogens is 318 g/mol. The lowest BCUT2D eigenvalue weighted by atomic mass is 9.96. The Morgan fingerprint density at radius 1 is 1.33 bits per heavy atom. The molecule has 128 valence electrons. The largest absolute Gasteiger partial charge is 0.342 e. The zero-order valence-electron chi connectivity index (χ0n) is 14.2. The van der Waals surface area contributed by atoms with Gasteiger partial charge in [-0.1, -0.05) is 30.3 Å². The zero-order chi connectivity index (χ0) is 16.8. The summed E-state index contributed by atoms with van der Waals surface area (Å²) in [7, 11) is 0. The second-order valence-corrected chi connectivity index (χ2v) is 7.31. The SMILES string of the molecule is CSCCC(=O)N1CCC[C@@H](c2nccn2Cc2ccccc2)C1. The van der Waals surface area contributed by atoms with Gasteiger partial charge in [-0.15, -0.1) is 0 Å². The molecule has 0 spiro atoms. The summed E-state index contributed by atoms with van der Waals surface area (Å²) in [6.45, 7) is 2.54. The van der Waals surface area contributed by atoms with Crippen molar-refractivity contribution in [3.05, 3.63) is 54.1 Å². The number of imidazole rings is 1.